The number of nitrogens with one attached hydrogen (secondary N) is 1. The number of fused-ring (bicyclic) bond motifs is 1. The highest BCUT2D eigenvalue weighted by molar-refractivity contribution is 5.91. The van der Waals surface area contributed by atoms with Crippen LogP contribution in [0.3, 0.4) is 0 Å². The van der Waals surface area contributed by atoms with Gasteiger partial charge in [-0.15, -0.1) is 0 Å². The monoisotopic (exact) mass is 408 g/mol. The van der Waals surface area contributed by atoms with Gasteiger partial charge < -0.3 is 9.47 Å². The number of aromatic nitrogens is 2. The lowest BCUT2D eigenvalue weighted by Crippen LogP contribution is -2.36. The third-order valence-corrected chi connectivity index (χ3v) is 5.63. The number of hydroxylamine groups is 1. The summed E-state index contributed by atoms with van der Waals surface area (Å²) in [5.41, 5.74) is 4.85. The predicted molar refractivity (Wildman–Crippen MR) is 114 cm³/mol. The van der Waals surface area contributed by atoms with Gasteiger partial charge in [0.05, 0.1) is 11.0 Å². The van der Waals surface area contributed by atoms with E-state index in [0.29, 0.717) is 0 Å². The Morgan fingerprint density at radius 3 is 3.00 bits per heavy atom. The molecular formula is C23H25FN4O2. The maximum Gasteiger partial charge on any atom is 0.267 e. The van der Waals surface area contributed by atoms with Crippen molar-refractivity contribution < 1.29 is 14.4 Å². The van der Waals surface area contributed by atoms with Gasteiger partial charge in [0.25, 0.3) is 5.91 Å². The van der Waals surface area contributed by atoms with Gasteiger partial charge >= 0.3 is 0 Å². The molecule has 0 unspecified atom stereocenters. The highest BCUT2D eigenvalue weighted by Gasteiger charge is 2.25. The summed E-state index contributed by atoms with van der Waals surface area (Å²) in [5, 5.41) is 8.67. The van der Waals surface area contributed by atoms with E-state index >= 15 is 0 Å². The number of amides is 1. The number of benzene rings is 2. The molecule has 1 amide bonds. The second-order valence-electron chi connectivity index (χ2n) is 7.56. The van der Waals surface area contributed by atoms with Crippen molar-refractivity contribution in [2.75, 3.05) is 19.6 Å². The first-order chi connectivity index (χ1) is 14.6. The SMILES string of the molecule is CCN1CCC[C@@H](n2c(-c3cccc(/C=C/C(=O)NO)c3)nc3ccc(F)cc32)C1. The second kappa shape index (κ2) is 8.77. The standard InChI is InChI=1S/C23H25FN4O2/c1-2-27-12-4-7-19(15-27)28-21-14-18(24)9-10-20(21)25-23(28)17-6-3-5-16(13-17)8-11-22(29)26-30/h3,5-6,8-11,13-14,19,30H,2,4,7,12,15H2,1H3,(H,26,29)/b11-8+/t19-/m1/s1. The van der Waals surface area contributed by atoms with E-state index in [1.807, 2.05) is 24.3 Å². The molecular weight excluding hydrogens is 383 g/mol. The van der Waals surface area contributed by atoms with E-state index in [-0.39, 0.29) is 11.9 Å². The van der Waals surface area contributed by atoms with Crippen LogP contribution in [0.25, 0.3) is 28.5 Å². The molecule has 0 spiro atoms. The smallest absolute Gasteiger partial charge is 0.267 e. The first-order valence-electron chi connectivity index (χ1n) is 10.2. The van der Waals surface area contributed by atoms with Gasteiger partial charge in [-0.2, -0.15) is 0 Å². The summed E-state index contributed by atoms with van der Waals surface area (Å²) in [6.45, 7) is 5.13. The average Bonchev–Trinajstić information content (AvgIpc) is 3.16. The summed E-state index contributed by atoms with van der Waals surface area (Å²) in [5.74, 6) is -0.0737. The number of carbonyl (C=O) groups is 1. The van der Waals surface area contributed by atoms with Crippen LogP contribution in [0.15, 0.2) is 48.5 Å². The average molecular weight is 408 g/mol. The Labute approximate surface area is 174 Å². The van der Waals surface area contributed by atoms with Crippen LogP contribution < -0.4 is 5.48 Å². The number of likely N-dealkylation sites (N-methyl/N-ethyl adjacent to an activating group) is 1. The van der Waals surface area contributed by atoms with E-state index in [9.17, 15) is 9.18 Å². The fourth-order valence-corrected chi connectivity index (χ4v) is 4.16. The molecule has 0 saturated carbocycles. The van der Waals surface area contributed by atoms with Gasteiger partial charge in [-0.25, -0.2) is 14.9 Å². The van der Waals surface area contributed by atoms with E-state index in [2.05, 4.69) is 16.4 Å². The quantitative estimate of drug-likeness (QED) is 0.380. The lowest BCUT2D eigenvalue weighted by atomic mass is 10.0. The zero-order valence-electron chi connectivity index (χ0n) is 16.9. The Morgan fingerprint density at radius 2 is 2.20 bits per heavy atom. The van der Waals surface area contributed by atoms with E-state index in [4.69, 9.17) is 10.2 Å². The molecule has 0 radical (unpaired) electrons. The lowest BCUT2D eigenvalue weighted by Gasteiger charge is -2.33. The third-order valence-electron chi connectivity index (χ3n) is 5.63. The molecule has 7 heteroatoms. The molecule has 2 N–H and O–H groups in total. The minimum absolute atomic E-state index is 0.208. The number of rotatable bonds is 5. The topological polar surface area (TPSA) is 70.4 Å². The van der Waals surface area contributed by atoms with Gasteiger partial charge in [-0.05, 0) is 61.8 Å². The van der Waals surface area contributed by atoms with Crippen LogP contribution in [-0.2, 0) is 4.79 Å². The van der Waals surface area contributed by atoms with E-state index in [1.165, 1.54) is 12.1 Å². The molecule has 30 heavy (non-hydrogen) atoms. The van der Waals surface area contributed by atoms with Crippen molar-refractivity contribution in [3.05, 3.63) is 59.9 Å². The molecule has 1 aliphatic rings. The van der Waals surface area contributed by atoms with Crippen LogP contribution in [0.4, 0.5) is 4.39 Å². The van der Waals surface area contributed by atoms with Crippen LogP contribution >= 0.6 is 0 Å². The van der Waals surface area contributed by atoms with Crippen LogP contribution in [0.2, 0.25) is 0 Å². The molecule has 2 heterocycles. The number of imidazole rings is 1. The van der Waals surface area contributed by atoms with E-state index < -0.39 is 5.91 Å². The van der Waals surface area contributed by atoms with Gasteiger partial charge in [0.2, 0.25) is 0 Å². The number of likely N-dealkylation sites (tertiary alicyclic amines) is 1. The Balaban J connectivity index is 1.81. The minimum Gasteiger partial charge on any atom is -0.319 e. The van der Waals surface area contributed by atoms with Gasteiger partial charge in [0, 0.05) is 24.2 Å². The predicted octanol–water partition coefficient (Wildman–Crippen LogP) is 4.02. The van der Waals surface area contributed by atoms with Crippen molar-refractivity contribution in [3.8, 4) is 11.4 Å². The van der Waals surface area contributed by atoms with Crippen molar-refractivity contribution in [1.29, 1.82) is 0 Å². The van der Waals surface area contributed by atoms with Gasteiger partial charge in [-0.3, -0.25) is 10.0 Å². The van der Waals surface area contributed by atoms with Crippen molar-refractivity contribution in [3.63, 3.8) is 0 Å². The lowest BCUT2D eigenvalue weighted by molar-refractivity contribution is -0.124. The minimum atomic E-state index is -0.593. The highest BCUT2D eigenvalue weighted by Crippen LogP contribution is 2.33. The van der Waals surface area contributed by atoms with Crippen LogP contribution in [-0.4, -0.2) is 45.2 Å². The fourth-order valence-electron chi connectivity index (χ4n) is 4.16. The summed E-state index contributed by atoms with van der Waals surface area (Å²) in [7, 11) is 0. The maximum atomic E-state index is 14.1. The number of halogens is 1. The number of hydrogen-bond acceptors (Lipinski definition) is 4. The molecule has 0 aliphatic carbocycles. The van der Waals surface area contributed by atoms with Gasteiger partial charge in [0.15, 0.2) is 0 Å². The van der Waals surface area contributed by atoms with Crippen molar-refractivity contribution in [2.45, 2.75) is 25.8 Å². The highest BCUT2D eigenvalue weighted by atomic mass is 19.1. The van der Waals surface area contributed by atoms with Gasteiger partial charge in [0.1, 0.15) is 11.6 Å². The molecule has 2 aromatic carbocycles. The van der Waals surface area contributed by atoms with Gasteiger partial charge in [-0.1, -0.05) is 25.1 Å². The zero-order valence-corrected chi connectivity index (χ0v) is 16.9. The molecule has 1 aromatic heterocycles. The van der Waals surface area contributed by atoms with Crippen LogP contribution in [0.1, 0.15) is 31.4 Å². The number of hydrogen-bond donors (Lipinski definition) is 2. The molecule has 4 rings (SSSR count). The molecule has 6 nitrogen and oxygen atoms in total. The normalized spacial score (nSPS) is 17.6. The van der Waals surface area contributed by atoms with E-state index in [0.717, 1.165) is 60.5 Å². The van der Waals surface area contributed by atoms with Crippen molar-refractivity contribution in [2.24, 2.45) is 0 Å². The zero-order chi connectivity index (χ0) is 21.1. The number of piperidine rings is 1. The third kappa shape index (κ3) is 4.13. The first-order valence-corrected chi connectivity index (χ1v) is 10.2. The number of nitrogens with zero attached hydrogens (tertiary/aromatic N) is 3. The number of carbonyl (C=O) groups excluding carboxylic acids is 1. The van der Waals surface area contributed by atoms with E-state index in [1.54, 1.807) is 23.7 Å². The summed E-state index contributed by atoms with van der Waals surface area (Å²) in [6.07, 6.45) is 4.99. The molecule has 0 bridgehead atoms. The van der Waals surface area contributed by atoms with Crippen LogP contribution in [0.5, 0.6) is 0 Å². The summed E-state index contributed by atoms with van der Waals surface area (Å²) >= 11 is 0. The molecule has 1 saturated heterocycles. The largest absolute Gasteiger partial charge is 0.319 e. The Bertz CT molecular complexity index is 1090. The Hall–Kier alpha value is -3.03. The molecule has 1 aliphatic heterocycles. The fraction of sp³-hybridized carbons (Fsp3) is 0.304. The molecule has 1 fully saturated rings. The summed E-state index contributed by atoms with van der Waals surface area (Å²) in [6, 6.07) is 12.6. The summed E-state index contributed by atoms with van der Waals surface area (Å²) < 4.78 is 16.3. The molecule has 156 valence electrons. The van der Waals surface area contributed by atoms with Crippen LogP contribution in [0, 0.1) is 5.82 Å². The van der Waals surface area contributed by atoms with Crippen molar-refractivity contribution >= 4 is 23.0 Å². The van der Waals surface area contributed by atoms with Crippen molar-refractivity contribution in [1.82, 2.24) is 19.9 Å². The first kappa shape index (κ1) is 20.3. The summed E-state index contributed by atoms with van der Waals surface area (Å²) in [4.78, 5) is 18.6. The molecule has 1 atom stereocenters. The maximum absolute atomic E-state index is 14.1. The second-order valence-corrected chi connectivity index (χ2v) is 7.56. The molecule has 3 aromatic rings. The Morgan fingerprint density at radius 1 is 1.33 bits per heavy atom. The Kier molecular flexibility index (Phi) is 5.92.